The van der Waals surface area contributed by atoms with E-state index >= 15 is 0 Å². The molecule has 2 atom stereocenters. The molecule has 5 nitrogen and oxygen atoms in total. The molecule has 1 aromatic heterocycles. The molecule has 23 heavy (non-hydrogen) atoms. The first-order chi connectivity index (χ1) is 11.1. The third-order valence-corrected chi connectivity index (χ3v) is 4.52. The van der Waals surface area contributed by atoms with Crippen LogP contribution in [0.15, 0.2) is 36.7 Å². The van der Waals surface area contributed by atoms with E-state index in [-0.39, 0.29) is 6.10 Å². The minimum absolute atomic E-state index is 0.121. The second-order valence-electron chi connectivity index (χ2n) is 6.34. The number of aryl methyl sites for hydroxylation is 2. The van der Waals surface area contributed by atoms with Crippen LogP contribution in [-0.2, 0) is 11.3 Å². The number of benzene rings is 1. The Morgan fingerprint density at radius 1 is 1.35 bits per heavy atom. The van der Waals surface area contributed by atoms with Crippen molar-refractivity contribution in [1.29, 1.82) is 0 Å². The van der Waals surface area contributed by atoms with E-state index in [9.17, 15) is 5.11 Å². The third-order valence-electron chi connectivity index (χ3n) is 4.52. The molecular weight excluding hydrogens is 290 g/mol. The average molecular weight is 315 g/mol. The minimum Gasteiger partial charge on any atom is -0.387 e. The first-order valence-corrected chi connectivity index (χ1v) is 8.18. The lowest BCUT2D eigenvalue weighted by molar-refractivity contribution is -0.0486. The fourth-order valence-electron chi connectivity index (χ4n) is 3.00. The summed E-state index contributed by atoms with van der Waals surface area (Å²) in [6.45, 7) is 7.95. The summed E-state index contributed by atoms with van der Waals surface area (Å²) in [7, 11) is 0. The van der Waals surface area contributed by atoms with E-state index in [1.165, 1.54) is 11.1 Å². The highest BCUT2D eigenvalue weighted by Gasteiger charge is 2.23. The molecule has 0 bridgehead atoms. The van der Waals surface area contributed by atoms with E-state index in [4.69, 9.17) is 4.74 Å². The number of β-amino-alcohol motifs (C(OH)–C–C–N with tert-alkyl or cyclic N) is 1. The molecule has 1 aromatic carbocycles. The van der Waals surface area contributed by atoms with Gasteiger partial charge < -0.3 is 9.84 Å². The number of hydrogen-bond acceptors (Lipinski definition) is 4. The van der Waals surface area contributed by atoms with Crippen molar-refractivity contribution in [1.82, 2.24) is 14.7 Å². The second-order valence-corrected chi connectivity index (χ2v) is 6.34. The number of morpholine rings is 1. The number of nitrogens with zero attached hydrogens (tertiary/aromatic N) is 3. The Morgan fingerprint density at radius 2 is 2.22 bits per heavy atom. The van der Waals surface area contributed by atoms with Crippen molar-refractivity contribution in [2.45, 2.75) is 32.6 Å². The molecule has 124 valence electrons. The smallest absolute Gasteiger partial charge is 0.0917 e. The van der Waals surface area contributed by atoms with Crippen LogP contribution in [0, 0.1) is 13.8 Å². The van der Waals surface area contributed by atoms with Gasteiger partial charge in [0.2, 0.25) is 0 Å². The van der Waals surface area contributed by atoms with Gasteiger partial charge in [0.25, 0.3) is 0 Å². The first kappa shape index (κ1) is 16.2. The fourth-order valence-corrected chi connectivity index (χ4v) is 3.00. The number of aromatic nitrogens is 2. The quantitative estimate of drug-likeness (QED) is 0.916. The zero-order valence-corrected chi connectivity index (χ0v) is 13.9. The highest BCUT2D eigenvalue weighted by molar-refractivity contribution is 5.31. The van der Waals surface area contributed by atoms with E-state index < -0.39 is 6.10 Å². The zero-order chi connectivity index (χ0) is 16.2. The fraction of sp³-hybridized carbons (Fsp3) is 0.500. The van der Waals surface area contributed by atoms with Crippen molar-refractivity contribution in [2.75, 3.05) is 26.2 Å². The van der Waals surface area contributed by atoms with Gasteiger partial charge >= 0.3 is 0 Å². The van der Waals surface area contributed by atoms with Crippen molar-refractivity contribution in [3.8, 4) is 0 Å². The molecular formula is C18H25N3O2. The van der Waals surface area contributed by atoms with Crippen molar-refractivity contribution in [3.63, 3.8) is 0 Å². The molecule has 0 spiro atoms. The SMILES string of the molecule is Cc1ccc([C@H](O)CN2CCO[C@@H](Cn3cccn3)C2)cc1C. The Balaban J connectivity index is 1.57. The van der Waals surface area contributed by atoms with Crippen LogP contribution >= 0.6 is 0 Å². The summed E-state index contributed by atoms with van der Waals surface area (Å²) in [5, 5.41) is 14.8. The molecule has 2 heterocycles. The van der Waals surface area contributed by atoms with Crippen LogP contribution in [0.5, 0.6) is 0 Å². The Labute approximate surface area is 137 Å². The Hall–Kier alpha value is -1.69. The van der Waals surface area contributed by atoms with Gasteiger partial charge in [-0.25, -0.2) is 0 Å². The van der Waals surface area contributed by atoms with Gasteiger partial charge in [0, 0.05) is 32.0 Å². The molecule has 0 saturated carbocycles. The average Bonchev–Trinajstić information content (AvgIpc) is 3.03. The molecule has 1 aliphatic rings. The van der Waals surface area contributed by atoms with Gasteiger partial charge in [0.05, 0.1) is 25.4 Å². The van der Waals surface area contributed by atoms with E-state index in [0.717, 1.165) is 25.2 Å². The lowest BCUT2D eigenvalue weighted by atomic mass is 10.0. The monoisotopic (exact) mass is 315 g/mol. The van der Waals surface area contributed by atoms with Crippen LogP contribution in [0.3, 0.4) is 0 Å². The van der Waals surface area contributed by atoms with Crippen molar-refractivity contribution in [3.05, 3.63) is 53.3 Å². The van der Waals surface area contributed by atoms with E-state index in [2.05, 4.69) is 36.0 Å². The van der Waals surface area contributed by atoms with Gasteiger partial charge in [-0.2, -0.15) is 5.10 Å². The lowest BCUT2D eigenvalue weighted by Crippen LogP contribution is -2.45. The normalized spacial score (nSPS) is 20.6. The van der Waals surface area contributed by atoms with Gasteiger partial charge in [0.1, 0.15) is 0 Å². The van der Waals surface area contributed by atoms with E-state index in [0.29, 0.717) is 13.2 Å². The van der Waals surface area contributed by atoms with Gasteiger partial charge in [-0.15, -0.1) is 0 Å². The summed E-state index contributed by atoms with van der Waals surface area (Å²) in [6, 6.07) is 8.11. The van der Waals surface area contributed by atoms with Crippen LogP contribution in [0.25, 0.3) is 0 Å². The molecule has 2 aromatic rings. The number of hydrogen-bond donors (Lipinski definition) is 1. The Morgan fingerprint density at radius 3 is 2.96 bits per heavy atom. The molecule has 0 amide bonds. The number of aliphatic hydroxyl groups is 1. The standard InChI is InChI=1S/C18H25N3O2/c1-14-4-5-16(10-15(14)2)18(22)13-20-8-9-23-17(11-20)12-21-7-3-6-19-21/h3-7,10,17-18,22H,8-9,11-13H2,1-2H3/t17-,18-/m1/s1. The predicted molar refractivity (Wildman–Crippen MR) is 89.3 cm³/mol. The van der Waals surface area contributed by atoms with Crippen LogP contribution in [0.4, 0.5) is 0 Å². The van der Waals surface area contributed by atoms with Gasteiger partial charge in [-0.05, 0) is 36.6 Å². The van der Waals surface area contributed by atoms with E-state index in [1.807, 2.05) is 23.0 Å². The topological polar surface area (TPSA) is 50.5 Å². The highest BCUT2D eigenvalue weighted by Crippen LogP contribution is 2.19. The summed E-state index contributed by atoms with van der Waals surface area (Å²) in [5.74, 6) is 0. The second kappa shape index (κ2) is 7.25. The summed E-state index contributed by atoms with van der Waals surface area (Å²) in [6.07, 6.45) is 3.39. The van der Waals surface area contributed by atoms with Gasteiger partial charge in [-0.3, -0.25) is 9.58 Å². The van der Waals surface area contributed by atoms with Crippen LogP contribution in [0.2, 0.25) is 0 Å². The molecule has 1 saturated heterocycles. The van der Waals surface area contributed by atoms with Gasteiger partial charge in [0.15, 0.2) is 0 Å². The van der Waals surface area contributed by atoms with Crippen molar-refractivity contribution >= 4 is 0 Å². The Kier molecular flexibility index (Phi) is 5.10. The molecule has 1 N–H and O–H groups in total. The molecule has 0 unspecified atom stereocenters. The maximum absolute atomic E-state index is 10.5. The minimum atomic E-state index is -0.460. The first-order valence-electron chi connectivity index (χ1n) is 8.18. The molecule has 1 aliphatic heterocycles. The molecule has 1 fully saturated rings. The summed E-state index contributed by atoms with van der Waals surface area (Å²) in [4.78, 5) is 2.28. The van der Waals surface area contributed by atoms with E-state index in [1.54, 1.807) is 6.20 Å². The largest absolute Gasteiger partial charge is 0.387 e. The maximum atomic E-state index is 10.5. The summed E-state index contributed by atoms with van der Waals surface area (Å²) < 4.78 is 7.72. The third kappa shape index (κ3) is 4.19. The van der Waals surface area contributed by atoms with Crippen molar-refractivity contribution in [2.24, 2.45) is 0 Å². The highest BCUT2D eigenvalue weighted by atomic mass is 16.5. The molecule has 5 heteroatoms. The zero-order valence-electron chi connectivity index (χ0n) is 13.9. The number of ether oxygens (including phenoxy) is 1. The molecule has 0 radical (unpaired) electrons. The Bertz CT molecular complexity index is 627. The predicted octanol–water partition coefficient (Wildman–Crippen LogP) is 1.93. The van der Waals surface area contributed by atoms with Crippen molar-refractivity contribution < 1.29 is 9.84 Å². The number of aliphatic hydroxyl groups excluding tert-OH is 1. The van der Waals surface area contributed by atoms with Gasteiger partial charge in [-0.1, -0.05) is 18.2 Å². The summed E-state index contributed by atoms with van der Waals surface area (Å²) in [5.41, 5.74) is 3.47. The molecule has 0 aliphatic carbocycles. The van der Waals surface area contributed by atoms with Crippen LogP contribution < -0.4 is 0 Å². The van der Waals surface area contributed by atoms with Crippen LogP contribution in [0.1, 0.15) is 22.8 Å². The van der Waals surface area contributed by atoms with Crippen LogP contribution in [-0.4, -0.2) is 52.1 Å². The maximum Gasteiger partial charge on any atom is 0.0917 e. The summed E-state index contributed by atoms with van der Waals surface area (Å²) >= 11 is 0. The number of rotatable bonds is 5. The molecule has 3 rings (SSSR count). The lowest BCUT2D eigenvalue weighted by Gasteiger charge is -2.34.